The Labute approximate surface area is 248 Å². The number of thioether (sulfide) groups is 2. The van der Waals surface area contributed by atoms with Crippen LogP contribution in [-0.2, 0) is 30.4 Å². The number of H-pyrrole nitrogens is 1. The van der Waals surface area contributed by atoms with Crippen LogP contribution in [0.25, 0.3) is 5.65 Å². The number of halogens is 1. The molecule has 5 N–H and O–H groups in total. The van der Waals surface area contributed by atoms with E-state index < -0.39 is 35.2 Å². The summed E-state index contributed by atoms with van der Waals surface area (Å²) in [6.07, 6.45) is 3.25. The van der Waals surface area contributed by atoms with Crippen molar-refractivity contribution >= 4 is 86.7 Å². The van der Waals surface area contributed by atoms with Crippen LogP contribution in [0.4, 0.5) is 5.13 Å². The number of nitrogen functional groups attached to an aromatic ring is 1. The van der Waals surface area contributed by atoms with Gasteiger partial charge in [0.25, 0.3) is 17.5 Å². The maximum Gasteiger partial charge on any atom is 0.308 e. The Kier molecular flexibility index (Phi) is 8.12. The van der Waals surface area contributed by atoms with Crippen molar-refractivity contribution < 1.29 is 38.6 Å². The standard InChI is InChI=1S/C23H20ClN7O7S3/c1-38-29-14(13-17(24)41-23(25)28-13)19(34)27-15-20(35)31-16(22(36)37)10(8-40-21(15)31)7-39-11-3-2-9(6-12(32)33)18-26-4-5-30(11)18/h2-5,15,21H,6-8H2,1H3,(H5,25,27,28,32,33,34,36,37)/b29-14-/t15-,21+/m1/s1. The number of hydrogen-bond acceptors (Lipinski definition) is 12. The SMILES string of the molecule is CO/N=C(\C(=O)N[C@@H]1C(=O)N2C(C(=O)[O-])=C(CSc3ccc(CC(=O)O)c4[nH]cc[n+]34)CS[C@@H]12)c1nc(N)sc1Cl. The van der Waals surface area contributed by atoms with Crippen LogP contribution < -0.4 is 20.6 Å². The number of oxime groups is 1. The molecule has 18 heteroatoms. The van der Waals surface area contributed by atoms with Crippen molar-refractivity contribution in [3.63, 3.8) is 0 Å². The maximum atomic E-state index is 13.1. The van der Waals surface area contributed by atoms with Crippen molar-refractivity contribution in [3.8, 4) is 0 Å². The molecule has 214 valence electrons. The van der Waals surface area contributed by atoms with E-state index >= 15 is 0 Å². The van der Waals surface area contributed by atoms with Crippen LogP contribution in [0, 0.1) is 0 Å². The monoisotopic (exact) mass is 637 g/mol. The second-order valence-electron chi connectivity index (χ2n) is 8.63. The van der Waals surface area contributed by atoms with Crippen molar-refractivity contribution in [1.29, 1.82) is 0 Å². The minimum Gasteiger partial charge on any atom is -0.543 e. The fourth-order valence-corrected chi connectivity index (χ4v) is 7.84. The second-order valence-corrected chi connectivity index (χ2v) is 12.4. The third kappa shape index (κ3) is 5.44. The number of nitrogens with two attached hydrogens (primary N) is 1. The van der Waals surface area contributed by atoms with Gasteiger partial charge in [0.05, 0.1) is 23.7 Å². The summed E-state index contributed by atoms with van der Waals surface area (Å²) in [5, 5.41) is 27.7. The van der Waals surface area contributed by atoms with Crippen LogP contribution >= 0.6 is 46.5 Å². The van der Waals surface area contributed by atoms with Crippen molar-refractivity contribution in [2.24, 2.45) is 5.16 Å². The van der Waals surface area contributed by atoms with E-state index in [0.29, 0.717) is 16.8 Å². The van der Waals surface area contributed by atoms with E-state index in [1.807, 2.05) is 0 Å². The molecule has 0 radical (unpaired) electrons. The molecular weight excluding hydrogens is 618 g/mol. The van der Waals surface area contributed by atoms with Crippen LogP contribution in [-0.4, -0.2) is 79.5 Å². The molecular formula is C23H20ClN7O7S3. The van der Waals surface area contributed by atoms with Gasteiger partial charge >= 0.3 is 5.97 Å². The number of aromatic nitrogens is 3. The normalized spacial score (nSPS) is 18.7. The van der Waals surface area contributed by atoms with E-state index in [0.717, 1.165) is 21.3 Å². The molecule has 2 atom stereocenters. The summed E-state index contributed by atoms with van der Waals surface area (Å²) in [5.74, 6) is -3.40. The number of pyridine rings is 1. The van der Waals surface area contributed by atoms with Crippen LogP contribution in [0.5, 0.6) is 0 Å². The van der Waals surface area contributed by atoms with E-state index in [2.05, 4.69) is 20.4 Å². The van der Waals surface area contributed by atoms with E-state index in [4.69, 9.17) is 27.3 Å². The number of anilines is 1. The number of carbonyl (C=O) groups excluding carboxylic acids is 3. The smallest absolute Gasteiger partial charge is 0.308 e. The number of rotatable bonds is 10. The minimum absolute atomic E-state index is 0.00605. The van der Waals surface area contributed by atoms with Gasteiger partial charge in [-0.15, -0.1) is 11.8 Å². The van der Waals surface area contributed by atoms with Gasteiger partial charge in [-0.05, 0) is 17.7 Å². The average molecular weight is 638 g/mol. The highest BCUT2D eigenvalue weighted by Gasteiger charge is 2.53. The summed E-state index contributed by atoms with van der Waals surface area (Å²) in [6, 6.07) is 2.41. The number of carboxylic acid groups (broad SMARTS) is 2. The van der Waals surface area contributed by atoms with Gasteiger partial charge in [0, 0.05) is 11.5 Å². The molecule has 0 saturated carbocycles. The van der Waals surface area contributed by atoms with Crippen molar-refractivity contribution in [3.05, 3.63) is 51.4 Å². The van der Waals surface area contributed by atoms with Gasteiger partial charge in [0.15, 0.2) is 15.9 Å². The van der Waals surface area contributed by atoms with Crippen molar-refractivity contribution in [1.82, 2.24) is 20.2 Å². The first-order chi connectivity index (χ1) is 19.6. The summed E-state index contributed by atoms with van der Waals surface area (Å²) in [5.41, 5.74) is 6.81. The number of nitrogens with zero attached hydrogens (tertiary/aromatic N) is 4. The third-order valence-corrected chi connectivity index (χ3v) is 9.69. The molecule has 0 spiro atoms. The van der Waals surface area contributed by atoms with Gasteiger partial charge in [-0.25, -0.2) is 9.97 Å². The lowest BCUT2D eigenvalue weighted by molar-refractivity contribution is -0.553. The Bertz CT molecular complexity index is 1650. The molecule has 1 saturated heterocycles. The number of nitrogens with one attached hydrogen (secondary N) is 2. The lowest BCUT2D eigenvalue weighted by Crippen LogP contribution is -2.71. The predicted molar refractivity (Wildman–Crippen MR) is 148 cm³/mol. The summed E-state index contributed by atoms with van der Waals surface area (Å²) in [4.78, 5) is 62.3. The highest BCUT2D eigenvalue weighted by molar-refractivity contribution is 8.01. The number of imidazole rings is 1. The first kappa shape index (κ1) is 28.7. The van der Waals surface area contributed by atoms with E-state index in [-0.39, 0.29) is 44.5 Å². The lowest BCUT2D eigenvalue weighted by Gasteiger charge is -2.50. The number of hydrogen-bond donors (Lipinski definition) is 4. The van der Waals surface area contributed by atoms with Gasteiger partial charge in [-0.1, -0.05) is 39.9 Å². The van der Waals surface area contributed by atoms with Gasteiger partial charge in [-0.3, -0.25) is 19.3 Å². The first-order valence-corrected chi connectivity index (χ1v) is 14.9. The molecule has 5 heterocycles. The minimum atomic E-state index is -1.51. The fourth-order valence-electron chi connectivity index (χ4n) is 4.42. The maximum absolute atomic E-state index is 13.1. The molecule has 2 amide bonds. The van der Waals surface area contributed by atoms with Gasteiger partial charge in [0.1, 0.15) is 40.9 Å². The number of amides is 2. The molecule has 3 aromatic heterocycles. The van der Waals surface area contributed by atoms with Gasteiger partial charge in [-0.2, -0.15) is 4.40 Å². The Balaban J connectivity index is 1.33. The molecule has 3 aromatic rings. The van der Waals surface area contributed by atoms with E-state index in [9.17, 15) is 24.3 Å². The number of aromatic amines is 1. The average Bonchev–Trinajstić information content (AvgIpc) is 3.55. The fraction of sp³-hybridized carbons (Fsp3) is 0.261. The highest BCUT2D eigenvalue weighted by Crippen LogP contribution is 2.41. The van der Waals surface area contributed by atoms with E-state index in [1.54, 1.807) is 28.9 Å². The largest absolute Gasteiger partial charge is 0.543 e. The first-order valence-electron chi connectivity index (χ1n) is 11.7. The number of aliphatic carboxylic acids is 2. The zero-order valence-electron chi connectivity index (χ0n) is 21.0. The Morgan fingerprint density at radius 3 is 2.88 bits per heavy atom. The summed E-state index contributed by atoms with van der Waals surface area (Å²) in [7, 11) is 1.23. The molecule has 14 nitrogen and oxygen atoms in total. The molecule has 0 aliphatic carbocycles. The van der Waals surface area contributed by atoms with Crippen molar-refractivity contribution in [2.75, 3.05) is 24.3 Å². The molecule has 1 fully saturated rings. The Morgan fingerprint density at radius 1 is 1.44 bits per heavy atom. The third-order valence-electron chi connectivity index (χ3n) is 6.14. The quantitative estimate of drug-likeness (QED) is 0.0740. The molecule has 0 unspecified atom stereocenters. The summed E-state index contributed by atoms with van der Waals surface area (Å²) in [6.45, 7) is 0. The number of fused-ring (bicyclic) bond motifs is 2. The molecule has 2 aliphatic heterocycles. The zero-order chi connectivity index (χ0) is 29.4. The Hall–Kier alpha value is -3.80. The van der Waals surface area contributed by atoms with Crippen LogP contribution in [0.3, 0.4) is 0 Å². The Morgan fingerprint density at radius 2 is 2.22 bits per heavy atom. The van der Waals surface area contributed by atoms with Crippen LogP contribution in [0.2, 0.25) is 4.34 Å². The van der Waals surface area contributed by atoms with Gasteiger partial charge in [0.2, 0.25) is 0 Å². The number of thiazole rings is 1. The topological polar surface area (TPSA) is 207 Å². The van der Waals surface area contributed by atoms with Crippen LogP contribution in [0.1, 0.15) is 11.3 Å². The van der Waals surface area contributed by atoms with E-state index in [1.165, 1.54) is 30.6 Å². The summed E-state index contributed by atoms with van der Waals surface area (Å²) < 4.78 is 1.89. The summed E-state index contributed by atoms with van der Waals surface area (Å²) >= 11 is 9.67. The molecule has 41 heavy (non-hydrogen) atoms. The van der Waals surface area contributed by atoms with Crippen molar-refractivity contribution in [2.45, 2.75) is 22.9 Å². The zero-order valence-corrected chi connectivity index (χ0v) is 24.2. The predicted octanol–water partition coefficient (Wildman–Crippen LogP) is -0.381. The second kappa shape index (κ2) is 11.6. The molecule has 2 aliphatic rings. The highest BCUT2D eigenvalue weighted by atomic mass is 35.5. The van der Waals surface area contributed by atoms with Gasteiger partial charge < -0.3 is 30.9 Å². The molecule has 5 rings (SSSR count). The number of carbonyl (C=O) groups is 4. The molecule has 0 aromatic carbocycles. The molecule has 0 bridgehead atoms. The van der Waals surface area contributed by atoms with Crippen LogP contribution in [0.15, 0.2) is 46.0 Å². The number of carboxylic acids is 2. The lowest BCUT2D eigenvalue weighted by atomic mass is 10.0. The number of β-lactam (4-membered cyclic amide) rings is 1.